The zero-order chi connectivity index (χ0) is 26.0. The average molecular weight is 540 g/mol. The predicted octanol–water partition coefficient (Wildman–Crippen LogP) is 2.98. The van der Waals surface area contributed by atoms with E-state index in [4.69, 9.17) is 9.47 Å². The van der Waals surface area contributed by atoms with Crippen molar-refractivity contribution in [1.29, 1.82) is 0 Å². The van der Waals surface area contributed by atoms with Crippen LogP contribution in [-0.4, -0.2) is 45.7 Å². The molecule has 3 aromatic carbocycles. The number of hydrogen-bond donors (Lipinski definition) is 1. The lowest BCUT2D eigenvalue weighted by Crippen LogP contribution is -2.25. The van der Waals surface area contributed by atoms with Gasteiger partial charge in [-0.2, -0.15) is 0 Å². The van der Waals surface area contributed by atoms with E-state index in [2.05, 4.69) is 4.72 Å². The molecule has 0 saturated carbocycles. The fourth-order valence-electron chi connectivity index (χ4n) is 3.38. The Morgan fingerprint density at radius 1 is 0.657 bits per heavy atom. The standard InChI is InChI=1S/C23H25NO8S3/c1-16(24-33(4,25)26)17-5-10-20(11-6-17)34(27,28)22-14-9-19(32-3)15-23(22)35(29,30)21-12-7-18(31-2)8-13-21/h5-16,24H,1-4H3/t16-/m0/s1. The zero-order valence-electron chi connectivity index (χ0n) is 19.4. The highest BCUT2D eigenvalue weighted by Crippen LogP contribution is 2.34. The minimum absolute atomic E-state index is 0.112. The first-order valence-electron chi connectivity index (χ1n) is 10.2. The molecule has 0 heterocycles. The maximum absolute atomic E-state index is 13.5. The van der Waals surface area contributed by atoms with Gasteiger partial charge in [-0.15, -0.1) is 0 Å². The second-order valence-corrected chi connectivity index (χ2v) is 13.3. The molecule has 0 fully saturated rings. The van der Waals surface area contributed by atoms with Crippen molar-refractivity contribution < 1.29 is 34.7 Å². The molecule has 0 spiro atoms. The Hall–Kier alpha value is -2.93. The molecule has 0 aliphatic rings. The van der Waals surface area contributed by atoms with Crippen molar-refractivity contribution in [2.75, 3.05) is 20.5 Å². The van der Waals surface area contributed by atoms with Crippen molar-refractivity contribution in [3.05, 3.63) is 72.3 Å². The Bertz CT molecular complexity index is 1530. The second-order valence-electron chi connectivity index (χ2n) is 7.68. The van der Waals surface area contributed by atoms with Gasteiger partial charge in [0.05, 0.1) is 40.1 Å². The monoisotopic (exact) mass is 539 g/mol. The van der Waals surface area contributed by atoms with Crippen molar-refractivity contribution in [2.45, 2.75) is 32.5 Å². The normalized spacial score (nSPS) is 13.3. The van der Waals surface area contributed by atoms with Gasteiger partial charge in [0.25, 0.3) is 0 Å². The van der Waals surface area contributed by atoms with E-state index in [1.807, 2.05) is 0 Å². The highest BCUT2D eigenvalue weighted by atomic mass is 32.2. The van der Waals surface area contributed by atoms with E-state index in [1.54, 1.807) is 6.92 Å². The van der Waals surface area contributed by atoms with Crippen LogP contribution >= 0.6 is 0 Å². The lowest BCUT2D eigenvalue weighted by molar-refractivity contribution is 0.412. The Balaban J connectivity index is 2.10. The number of sulfonamides is 1. The summed E-state index contributed by atoms with van der Waals surface area (Å²) < 4.78 is 89.5. The van der Waals surface area contributed by atoms with Gasteiger partial charge in [-0.25, -0.2) is 30.0 Å². The maximum Gasteiger partial charge on any atom is 0.209 e. The molecule has 35 heavy (non-hydrogen) atoms. The molecule has 0 saturated heterocycles. The van der Waals surface area contributed by atoms with Crippen molar-refractivity contribution in [2.24, 2.45) is 0 Å². The Labute approximate surface area is 205 Å². The molecule has 0 aliphatic carbocycles. The fourth-order valence-corrected chi connectivity index (χ4v) is 7.49. The summed E-state index contributed by atoms with van der Waals surface area (Å²) >= 11 is 0. The number of benzene rings is 3. The third kappa shape index (κ3) is 5.84. The van der Waals surface area contributed by atoms with Crippen LogP contribution in [0, 0.1) is 0 Å². The average Bonchev–Trinajstić information content (AvgIpc) is 2.82. The van der Waals surface area contributed by atoms with Gasteiger partial charge in [-0.1, -0.05) is 12.1 Å². The molecule has 188 valence electrons. The molecule has 1 N–H and O–H groups in total. The van der Waals surface area contributed by atoms with E-state index in [1.165, 1.54) is 80.9 Å². The van der Waals surface area contributed by atoms with Crippen LogP contribution in [0.5, 0.6) is 11.5 Å². The van der Waals surface area contributed by atoms with E-state index in [-0.39, 0.29) is 15.5 Å². The van der Waals surface area contributed by atoms with Crippen LogP contribution in [0.25, 0.3) is 0 Å². The van der Waals surface area contributed by atoms with Crippen LogP contribution in [-0.2, 0) is 29.7 Å². The van der Waals surface area contributed by atoms with E-state index >= 15 is 0 Å². The lowest BCUT2D eigenvalue weighted by Gasteiger charge is -2.15. The lowest BCUT2D eigenvalue weighted by atomic mass is 10.1. The topological polar surface area (TPSA) is 133 Å². The SMILES string of the molecule is COc1ccc(S(=O)(=O)c2cc(OC)ccc2S(=O)(=O)c2ccc([C@H](C)NS(C)(=O)=O)cc2)cc1. The molecular formula is C23H25NO8S3. The summed E-state index contributed by atoms with van der Waals surface area (Å²) in [5.41, 5.74) is 0.537. The smallest absolute Gasteiger partial charge is 0.209 e. The van der Waals surface area contributed by atoms with E-state index in [9.17, 15) is 25.3 Å². The first kappa shape index (κ1) is 26.7. The molecule has 3 rings (SSSR count). The molecule has 0 aromatic heterocycles. The maximum atomic E-state index is 13.5. The van der Waals surface area contributed by atoms with Gasteiger partial charge in [-0.3, -0.25) is 0 Å². The van der Waals surface area contributed by atoms with Crippen LogP contribution in [0.3, 0.4) is 0 Å². The summed E-state index contributed by atoms with van der Waals surface area (Å²) in [7, 11) is -9.20. The fraction of sp³-hybridized carbons (Fsp3) is 0.217. The first-order chi connectivity index (χ1) is 16.3. The molecule has 0 unspecified atom stereocenters. The van der Waals surface area contributed by atoms with Gasteiger partial charge in [0, 0.05) is 12.1 Å². The van der Waals surface area contributed by atoms with E-state index in [0.29, 0.717) is 11.3 Å². The Kier molecular flexibility index (Phi) is 7.60. The highest BCUT2D eigenvalue weighted by Gasteiger charge is 2.30. The number of methoxy groups -OCH3 is 2. The van der Waals surface area contributed by atoms with Crippen LogP contribution in [0.2, 0.25) is 0 Å². The highest BCUT2D eigenvalue weighted by molar-refractivity contribution is 7.94. The minimum Gasteiger partial charge on any atom is -0.497 e. The largest absolute Gasteiger partial charge is 0.497 e. The van der Waals surface area contributed by atoms with Crippen molar-refractivity contribution in [1.82, 2.24) is 4.72 Å². The van der Waals surface area contributed by atoms with Crippen LogP contribution in [0.1, 0.15) is 18.5 Å². The number of sulfone groups is 2. The second kappa shape index (κ2) is 9.97. The number of ether oxygens (including phenoxy) is 2. The molecule has 3 aromatic rings. The van der Waals surface area contributed by atoms with Crippen LogP contribution in [0.4, 0.5) is 0 Å². The molecule has 0 aliphatic heterocycles. The number of hydrogen-bond acceptors (Lipinski definition) is 8. The molecular weight excluding hydrogens is 514 g/mol. The van der Waals surface area contributed by atoms with Gasteiger partial charge in [0.15, 0.2) is 0 Å². The Morgan fingerprint density at radius 2 is 1.11 bits per heavy atom. The van der Waals surface area contributed by atoms with Crippen molar-refractivity contribution >= 4 is 29.7 Å². The zero-order valence-corrected chi connectivity index (χ0v) is 21.9. The summed E-state index contributed by atoms with van der Waals surface area (Å²) in [6.45, 7) is 1.62. The molecule has 0 bridgehead atoms. The van der Waals surface area contributed by atoms with Gasteiger partial charge >= 0.3 is 0 Å². The summed E-state index contributed by atoms with van der Waals surface area (Å²) in [6, 6.07) is 14.3. The van der Waals surface area contributed by atoms with Crippen LogP contribution < -0.4 is 14.2 Å². The summed E-state index contributed by atoms with van der Waals surface area (Å²) in [5, 5.41) is 0. The minimum atomic E-state index is -4.27. The van der Waals surface area contributed by atoms with Gasteiger partial charge < -0.3 is 9.47 Å². The van der Waals surface area contributed by atoms with E-state index < -0.39 is 45.5 Å². The van der Waals surface area contributed by atoms with Gasteiger partial charge in [-0.05, 0) is 61.0 Å². The summed E-state index contributed by atoms with van der Waals surface area (Å²) in [4.78, 5) is -1.11. The third-order valence-electron chi connectivity index (χ3n) is 5.18. The summed E-state index contributed by atoms with van der Waals surface area (Å²) in [6.07, 6.45) is 1.02. The molecule has 9 nitrogen and oxygen atoms in total. The molecule has 1 atom stereocenters. The Morgan fingerprint density at radius 3 is 1.60 bits per heavy atom. The van der Waals surface area contributed by atoms with Gasteiger partial charge in [0.2, 0.25) is 29.7 Å². The molecule has 0 amide bonds. The van der Waals surface area contributed by atoms with Crippen molar-refractivity contribution in [3.8, 4) is 11.5 Å². The van der Waals surface area contributed by atoms with E-state index in [0.717, 1.165) is 6.26 Å². The number of rotatable bonds is 9. The van der Waals surface area contributed by atoms with Gasteiger partial charge in [0.1, 0.15) is 11.5 Å². The number of nitrogens with one attached hydrogen (secondary N) is 1. The van der Waals surface area contributed by atoms with Crippen molar-refractivity contribution in [3.63, 3.8) is 0 Å². The predicted molar refractivity (Wildman–Crippen MR) is 130 cm³/mol. The summed E-state index contributed by atoms with van der Waals surface area (Å²) in [5.74, 6) is 0.620. The molecule has 0 radical (unpaired) electrons. The molecule has 12 heteroatoms. The quantitative estimate of drug-likeness (QED) is 0.439. The third-order valence-corrected chi connectivity index (χ3v) is 9.73. The first-order valence-corrected chi connectivity index (χ1v) is 15.0. The van der Waals surface area contributed by atoms with Crippen LogP contribution in [0.15, 0.2) is 86.3 Å².